The van der Waals surface area contributed by atoms with Crippen LogP contribution < -0.4 is 10.5 Å². The Morgan fingerprint density at radius 1 is 1.40 bits per heavy atom. The van der Waals surface area contributed by atoms with E-state index in [1.165, 1.54) is 0 Å². The minimum absolute atomic E-state index is 0.154. The molecule has 2 rings (SSSR count). The Bertz CT molecular complexity index is 773. The van der Waals surface area contributed by atoms with Gasteiger partial charge in [-0.05, 0) is 26.0 Å². The van der Waals surface area contributed by atoms with Crippen LogP contribution in [0, 0.1) is 19.7 Å². The molecule has 0 saturated carbocycles. The Hall–Kier alpha value is -1.80. The van der Waals surface area contributed by atoms with E-state index >= 15 is 0 Å². The van der Waals surface area contributed by atoms with Crippen LogP contribution in [0.2, 0.25) is 5.02 Å². The Kier molecular flexibility index (Phi) is 3.61. The molecular formula is C11H12ClFN4O2S. The standard InChI is InChI=1S/C11H12ClFN4O2S/c1-5-6(2)15-16-11(5)17-20(18,19)10-4-9(14)8(13)3-7(10)12/h3-4H,14H2,1-2H3,(H2,15,16,17). The van der Waals surface area contributed by atoms with Gasteiger partial charge in [-0.1, -0.05) is 11.6 Å². The largest absolute Gasteiger partial charge is 0.396 e. The topological polar surface area (TPSA) is 101 Å². The molecule has 4 N–H and O–H groups in total. The van der Waals surface area contributed by atoms with E-state index in [4.69, 9.17) is 17.3 Å². The van der Waals surface area contributed by atoms with Crippen molar-refractivity contribution in [1.82, 2.24) is 10.2 Å². The van der Waals surface area contributed by atoms with E-state index in [0.29, 0.717) is 5.56 Å². The number of nitrogen functional groups attached to an aromatic ring is 1. The quantitative estimate of drug-likeness (QED) is 0.755. The molecule has 0 bridgehead atoms. The number of H-pyrrole nitrogens is 1. The normalized spacial score (nSPS) is 11.6. The summed E-state index contributed by atoms with van der Waals surface area (Å²) in [4.78, 5) is -0.307. The minimum atomic E-state index is -4.00. The molecule has 6 nitrogen and oxygen atoms in total. The third-order valence-electron chi connectivity index (χ3n) is 2.82. The lowest BCUT2D eigenvalue weighted by Gasteiger charge is -2.09. The summed E-state index contributed by atoms with van der Waals surface area (Å²) in [6.45, 7) is 3.46. The summed E-state index contributed by atoms with van der Waals surface area (Å²) < 4.78 is 39.9. The summed E-state index contributed by atoms with van der Waals surface area (Å²) in [6.07, 6.45) is 0. The number of nitrogens with zero attached hydrogens (tertiary/aromatic N) is 1. The van der Waals surface area contributed by atoms with Gasteiger partial charge in [0.2, 0.25) is 0 Å². The van der Waals surface area contributed by atoms with Crippen LogP contribution in [-0.4, -0.2) is 18.6 Å². The van der Waals surface area contributed by atoms with Crippen molar-refractivity contribution in [3.63, 3.8) is 0 Å². The van der Waals surface area contributed by atoms with Gasteiger partial charge in [-0.25, -0.2) is 12.8 Å². The molecule has 1 aromatic carbocycles. The number of nitrogens with two attached hydrogens (primary N) is 1. The predicted molar refractivity (Wildman–Crippen MR) is 74.7 cm³/mol. The summed E-state index contributed by atoms with van der Waals surface area (Å²) in [7, 11) is -4.00. The van der Waals surface area contributed by atoms with Crippen LogP contribution in [0.5, 0.6) is 0 Å². The molecule has 1 aromatic heterocycles. The summed E-state index contributed by atoms with van der Waals surface area (Å²) >= 11 is 5.75. The molecule has 0 aliphatic carbocycles. The fourth-order valence-electron chi connectivity index (χ4n) is 1.52. The number of sulfonamides is 1. The lowest BCUT2D eigenvalue weighted by Crippen LogP contribution is -2.15. The molecule has 0 amide bonds. The highest BCUT2D eigenvalue weighted by Gasteiger charge is 2.22. The van der Waals surface area contributed by atoms with Gasteiger partial charge < -0.3 is 5.73 Å². The summed E-state index contributed by atoms with van der Waals surface area (Å²) in [5.74, 6) is -0.623. The zero-order valence-corrected chi connectivity index (χ0v) is 12.2. The molecule has 0 aliphatic rings. The third-order valence-corrected chi connectivity index (χ3v) is 4.63. The summed E-state index contributed by atoms with van der Waals surface area (Å²) in [5.41, 5.74) is 6.45. The Balaban J connectivity index is 2.46. The molecule has 0 aliphatic heterocycles. The fraction of sp³-hybridized carbons (Fsp3) is 0.182. The second-order valence-corrected chi connectivity index (χ2v) is 6.29. The van der Waals surface area contributed by atoms with Crippen LogP contribution in [0.3, 0.4) is 0 Å². The van der Waals surface area contributed by atoms with Crippen LogP contribution in [0.1, 0.15) is 11.3 Å². The number of aromatic amines is 1. The average molecular weight is 319 g/mol. The van der Waals surface area contributed by atoms with Gasteiger partial charge >= 0.3 is 0 Å². The van der Waals surface area contributed by atoms with E-state index < -0.39 is 15.8 Å². The van der Waals surface area contributed by atoms with Gasteiger partial charge in [0.1, 0.15) is 10.7 Å². The predicted octanol–water partition coefficient (Wildman–Crippen LogP) is 2.20. The zero-order valence-electron chi connectivity index (χ0n) is 10.7. The van der Waals surface area contributed by atoms with Crippen molar-refractivity contribution in [3.05, 3.63) is 34.2 Å². The number of hydrogen-bond acceptors (Lipinski definition) is 4. The molecule has 0 saturated heterocycles. The van der Waals surface area contributed by atoms with Gasteiger partial charge in [0.25, 0.3) is 10.0 Å². The molecule has 20 heavy (non-hydrogen) atoms. The van der Waals surface area contributed by atoms with E-state index in [9.17, 15) is 12.8 Å². The first-order chi connectivity index (χ1) is 9.22. The lowest BCUT2D eigenvalue weighted by molar-refractivity contribution is 0.600. The van der Waals surface area contributed by atoms with E-state index in [2.05, 4.69) is 14.9 Å². The maximum absolute atomic E-state index is 13.2. The number of halogens is 2. The SMILES string of the molecule is Cc1[nH]nc(NS(=O)(=O)c2cc(N)c(F)cc2Cl)c1C. The van der Waals surface area contributed by atoms with Gasteiger partial charge in [0.15, 0.2) is 5.82 Å². The molecule has 2 aromatic rings. The zero-order chi connectivity index (χ0) is 15.1. The minimum Gasteiger partial charge on any atom is -0.396 e. The van der Waals surface area contributed by atoms with Crippen molar-refractivity contribution >= 4 is 33.1 Å². The van der Waals surface area contributed by atoms with Gasteiger partial charge in [-0.15, -0.1) is 0 Å². The van der Waals surface area contributed by atoms with Crippen molar-refractivity contribution in [3.8, 4) is 0 Å². The van der Waals surface area contributed by atoms with Gasteiger partial charge in [0.05, 0.1) is 10.7 Å². The van der Waals surface area contributed by atoms with Crippen LogP contribution in [0.15, 0.2) is 17.0 Å². The number of aromatic nitrogens is 2. The second-order valence-electron chi connectivity index (χ2n) is 4.23. The number of benzene rings is 1. The van der Waals surface area contributed by atoms with Crippen LogP contribution in [0.25, 0.3) is 0 Å². The van der Waals surface area contributed by atoms with Crippen LogP contribution >= 0.6 is 11.6 Å². The monoisotopic (exact) mass is 318 g/mol. The molecular weight excluding hydrogens is 307 g/mol. The molecule has 0 spiro atoms. The first-order valence-corrected chi connectivity index (χ1v) is 7.37. The number of rotatable bonds is 3. The van der Waals surface area contributed by atoms with E-state index in [0.717, 1.165) is 17.8 Å². The van der Waals surface area contributed by atoms with Gasteiger partial charge in [-0.2, -0.15) is 5.10 Å². The first-order valence-electron chi connectivity index (χ1n) is 5.51. The highest BCUT2D eigenvalue weighted by atomic mass is 35.5. The first kappa shape index (κ1) is 14.6. The Morgan fingerprint density at radius 3 is 2.60 bits per heavy atom. The van der Waals surface area contributed by atoms with Crippen LogP contribution in [0.4, 0.5) is 15.9 Å². The van der Waals surface area contributed by atoms with E-state index in [1.54, 1.807) is 13.8 Å². The summed E-state index contributed by atoms with van der Waals surface area (Å²) in [6, 6.07) is 1.82. The molecule has 108 valence electrons. The average Bonchev–Trinajstić information content (AvgIpc) is 2.65. The number of nitrogens with one attached hydrogen (secondary N) is 2. The lowest BCUT2D eigenvalue weighted by atomic mass is 10.3. The van der Waals surface area contributed by atoms with Crippen molar-refractivity contribution < 1.29 is 12.8 Å². The molecule has 0 fully saturated rings. The molecule has 0 unspecified atom stereocenters. The molecule has 0 radical (unpaired) electrons. The highest BCUT2D eigenvalue weighted by Crippen LogP contribution is 2.28. The van der Waals surface area contributed by atoms with E-state index in [1.807, 2.05) is 0 Å². The van der Waals surface area contributed by atoms with Crippen molar-refractivity contribution in [2.24, 2.45) is 0 Å². The third kappa shape index (κ3) is 2.56. The van der Waals surface area contributed by atoms with Gasteiger partial charge in [-0.3, -0.25) is 9.82 Å². The maximum Gasteiger partial charge on any atom is 0.264 e. The van der Waals surface area contributed by atoms with Crippen LogP contribution in [-0.2, 0) is 10.0 Å². The van der Waals surface area contributed by atoms with Gasteiger partial charge in [0, 0.05) is 11.3 Å². The Labute approximate surface area is 120 Å². The van der Waals surface area contributed by atoms with E-state index in [-0.39, 0.29) is 21.4 Å². The molecule has 0 atom stereocenters. The maximum atomic E-state index is 13.2. The number of aryl methyl sites for hydroxylation is 1. The molecule has 9 heteroatoms. The molecule has 1 heterocycles. The van der Waals surface area contributed by atoms with Crippen molar-refractivity contribution in [2.45, 2.75) is 18.7 Å². The van der Waals surface area contributed by atoms with Crippen molar-refractivity contribution in [1.29, 1.82) is 0 Å². The number of hydrogen-bond donors (Lipinski definition) is 3. The summed E-state index contributed by atoms with van der Waals surface area (Å²) in [5, 5.41) is 6.23. The second kappa shape index (κ2) is 4.95. The Morgan fingerprint density at radius 2 is 2.05 bits per heavy atom. The smallest absolute Gasteiger partial charge is 0.264 e. The number of anilines is 2. The van der Waals surface area contributed by atoms with Crippen molar-refractivity contribution in [2.75, 3.05) is 10.5 Å². The highest BCUT2D eigenvalue weighted by molar-refractivity contribution is 7.92. The fourth-order valence-corrected chi connectivity index (χ4v) is 3.13.